The predicted octanol–water partition coefficient (Wildman–Crippen LogP) is 2.78. The van der Waals surface area contributed by atoms with Crippen molar-refractivity contribution in [3.05, 3.63) is 0 Å². The van der Waals surface area contributed by atoms with Crippen LogP contribution >= 0.6 is 0 Å². The molecule has 0 heterocycles. The van der Waals surface area contributed by atoms with Crippen molar-refractivity contribution < 1.29 is 0 Å². The molecule has 0 aromatic rings. The molecule has 100 valence electrons. The van der Waals surface area contributed by atoms with Crippen LogP contribution in [0.2, 0.25) is 0 Å². The maximum absolute atomic E-state index is 5.88. The smallest absolute Gasteiger partial charge is 0.00104 e. The summed E-state index contributed by atoms with van der Waals surface area (Å²) >= 11 is 0. The van der Waals surface area contributed by atoms with Crippen LogP contribution in [0.3, 0.4) is 0 Å². The summed E-state index contributed by atoms with van der Waals surface area (Å²) in [5, 5.41) is 3.75. The van der Waals surface area contributed by atoms with Crippen molar-refractivity contribution in [1.29, 1.82) is 0 Å². The van der Waals surface area contributed by atoms with Crippen molar-refractivity contribution in [2.45, 2.75) is 52.4 Å². The fraction of sp³-hybridized carbons (Fsp3) is 1.00. The summed E-state index contributed by atoms with van der Waals surface area (Å²) in [4.78, 5) is 0. The SMILES string of the molecule is CC(C)C1(CNCC2CCCCC2CN)CC1. The van der Waals surface area contributed by atoms with Crippen LogP contribution < -0.4 is 11.1 Å². The largest absolute Gasteiger partial charge is 0.330 e. The Hall–Kier alpha value is -0.0800. The molecule has 0 bridgehead atoms. The number of hydrogen-bond donors (Lipinski definition) is 2. The average molecular weight is 238 g/mol. The third-order valence-electron chi connectivity index (χ3n) is 5.37. The molecule has 0 saturated heterocycles. The molecule has 2 rings (SSSR count). The fourth-order valence-electron chi connectivity index (χ4n) is 3.49. The molecule has 0 aliphatic heterocycles. The first-order valence-electron chi connectivity index (χ1n) is 7.59. The van der Waals surface area contributed by atoms with Gasteiger partial charge in [0.15, 0.2) is 0 Å². The lowest BCUT2D eigenvalue weighted by molar-refractivity contribution is 0.226. The van der Waals surface area contributed by atoms with E-state index in [1.54, 1.807) is 0 Å². The number of nitrogens with one attached hydrogen (secondary N) is 1. The van der Waals surface area contributed by atoms with E-state index in [0.717, 1.165) is 24.3 Å². The van der Waals surface area contributed by atoms with E-state index in [0.29, 0.717) is 5.41 Å². The maximum Gasteiger partial charge on any atom is 0.00104 e. The molecule has 2 aliphatic carbocycles. The molecule has 0 aromatic heterocycles. The Labute approximate surface area is 107 Å². The van der Waals surface area contributed by atoms with Gasteiger partial charge in [-0.3, -0.25) is 0 Å². The molecule has 2 unspecified atom stereocenters. The van der Waals surface area contributed by atoms with E-state index in [9.17, 15) is 0 Å². The van der Waals surface area contributed by atoms with Crippen LogP contribution in [0.4, 0.5) is 0 Å². The standard InChI is InChI=1S/C15H30N2/c1-12(2)15(7-8-15)11-17-10-14-6-4-3-5-13(14)9-16/h12-14,17H,3-11,16H2,1-2H3. The van der Waals surface area contributed by atoms with E-state index in [1.165, 1.54) is 51.6 Å². The van der Waals surface area contributed by atoms with Gasteiger partial charge in [0.1, 0.15) is 0 Å². The molecule has 2 aliphatic rings. The van der Waals surface area contributed by atoms with Crippen molar-refractivity contribution in [2.24, 2.45) is 28.9 Å². The minimum Gasteiger partial charge on any atom is -0.330 e. The molecule has 2 fully saturated rings. The molecular weight excluding hydrogens is 208 g/mol. The van der Waals surface area contributed by atoms with Gasteiger partial charge in [-0.15, -0.1) is 0 Å². The minimum absolute atomic E-state index is 0.646. The highest BCUT2D eigenvalue weighted by Gasteiger charge is 2.44. The predicted molar refractivity (Wildman–Crippen MR) is 73.9 cm³/mol. The highest BCUT2D eigenvalue weighted by atomic mass is 14.9. The second kappa shape index (κ2) is 5.71. The molecule has 2 atom stereocenters. The van der Waals surface area contributed by atoms with Gasteiger partial charge in [-0.05, 0) is 61.9 Å². The molecule has 2 saturated carbocycles. The topological polar surface area (TPSA) is 38.0 Å². The van der Waals surface area contributed by atoms with Crippen LogP contribution in [0.15, 0.2) is 0 Å². The molecule has 0 spiro atoms. The highest BCUT2D eigenvalue weighted by Crippen LogP contribution is 2.51. The summed E-state index contributed by atoms with van der Waals surface area (Å²) in [5.41, 5.74) is 6.53. The van der Waals surface area contributed by atoms with Crippen molar-refractivity contribution in [2.75, 3.05) is 19.6 Å². The van der Waals surface area contributed by atoms with Crippen molar-refractivity contribution in [3.63, 3.8) is 0 Å². The first-order chi connectivity index (χ1) is 8.18. The lowest BCUT2D eigenvalue weighted by Crippen LogP contribution is -2.37. The number of rotatable bonds is 6. The Morgan fingerprint density at radius 1 is 1.18 bits per heavy atom. The van der Waals surface area contributed by atoms with Gasteiger partial charge in [0, 0.05) is 6.54 Å². The number of nitrogens with two attached hydrogens (primary N) is 1. The summed E-state index contributed by atoms with van der Waals surface area (Å²) < 4.78 is 0. The molecule has 0 amide bonds. The summed E-state index contributed by atoms with van der Waals surface area (Å²) in [7, 11) is 0. The summed E-state index contributed by atoms with van der Waals surface area (Å²) in [6, 6.07) is 0. The average Bonchev–Trinajstić information content (AvgIpc) is 3.11. The van der Waals surface area contributed by atoms with Crippen LogP contribution in [-0.4, -0.2) is 19.6 Å². The van der Waals surface area contributed by atoms with Gasteiger partial charge >= 0.3 is 0 Å². The van der Waals surface area contributed by atoms with Gasteiger partial charge < -0.3 is 11.1 Å². The van der Waals surface area contributed by atoms with E-state index in [2.05, 4.69) is 19.2 Å². The molecule has 2 nitrogen and oxygen atoms in total. The summed E-state index contributed by atoms with van der Waals surface area (Å²) in [6.07, 6.45) is 8.43. The van der Waals surface area contributed by atoms with Crippen LogP contribution in [-0.2, 0) is 0 Å². The first kappa shape index (κ1) is 13.4. The quantitative estimate of drug-likeness (QED) is 0.747. The van der Waals surface area contributed by atoms with Gasteiger partial charge in [0.25, 0.3) is 0 Å². The first-order valence-corrected chi connectivity index (χ1v) is 7.59. The Morgan fingerprint density at radius 2 is 1.82 bits per heavy atom. The van der Waals surface area contributed by atoms with Crippen LogP contribution in [0.1, 0.15) is 52.4 Å². The lowest BCUT2D eigenvalue weighted by Gasteiger charge is -2.31. The third-order valence-corrected chi connectivity index (χ3v) is 5.37. The second-order valence-corrected chi connectivity index (χ2v) is 6.69. The monoisotopic (exact) mass is 238 g/mol. The molecule has 0 aromatic carbocycles. The Kier molecular flexibility index (Phi) is 4.48. The maximum atomic E-state index is 5.88. The van der Waals surface area contributed by atoms with E-state index in [4.69, 9.17) is 5.73 Å². The van der Waals surface area contributed by atoms with E-state index in [-0.39, 0.29) is 0 Å². The highest BCUT2D eigenvalue weighted by molar-refractivity contribution is 4.97. The van der Waals surface area contributed by atoms with Crippen molar-refractivity contribution in [1.82, 2.24) is 5.32 Å². The van der Waals surface area contributed by atoms with Gasteiger partial charge in [0.05, 0.1) is 0 Å². The van der Waals surface area contributed by atoms with Crippen LogP contribution in [0.25, 0.3) is 0 Å². The zero-order valence-corrected chi connectivity index (χ0v) is 11.7. The van der Waals surface area contributed by atoms with Crippen molar-refractivity contribution >= 4 is 0 Å². The van der Waals surface area contributed by atoms with Gasteiger partial charge in [0.2, 0.25) is 0 Å². The van der Waals surface area contributed by atoms with Gasteiger partial charge in [-0.25, -0.2) is 0 Å². The second-order valence-electron chi connectivity index (χ2n) is 6.69. The minimum atomic E-state index is 0.646. The summed E-state index contributed by atoms with van der Waals surface area (Å²) in [6.45, 7) is 8.08. The lowest BCUT2D eigenvalue weighted by atomic mass is 9.79. The van der Waals surface area contributed by atoms with Crippen LogP contribution in [0.5, 0.6) is 0 Å². The van der Waals surface area contributed by atoms with E-state index in [1.807, 2.05) is 0 Å². The molecule has 17 heavy (non-hydrogen) atoms. The van der Waals surface area contributed by atoms with Crippen LogP contribution in [0, 0.1) is 23.2 Å². The summed E-state index contributed by atoms with van der Waals surface area (Å²) in [5.74, 6) is 2.47. The zero-order valence-electron chi connectivity index (χ0n) is 11.7. The normalized spacial score (nSPS) is 31.8. The molecule has 3 N–H and O–H groups in total. The van der Waals surface area contributed by atoms with Gasteiger partial charge in [-0.1, -0.05) is 26.7 Å². The molecule has 0 radical (unpaired) electrons. The van der Waals surface area contributed by atoms with Gasteiger partial charge in [-0.2, -0.15) is 0 Å². The fourth-order valence-corrected chi connectivity index (χ4v) is 3.49. The van der Waals surface area contributed by atoms with E-state index < -0.39 is 0 Å². The van der Waals surface area contributed by atoms with Crippen molar-refractivity contribution in [3.8, 4) is 0 Å². The Balaban J connectivity index is 1.70. The zero-order chi connectivity index (χ0) is 12.3. The number of hydrogen-bond acceptors (Lipinski definition) is 2. The Bertz CT molecular complexity index is 233. The third kappa shape index (κ3) is 3.23. The molecule has 2 heteroatoms. The Morgan fingerprint density at radius 3 is 2.35 bits per heavy atom. The molecular formula is C15H30N2. The van der Waals surface area contributed by atoms with E-state index >= 15 is 0 Å².